The third-order valence-corrected chi connectivity index (χ3v) is 2.84. The van der Waals surface area contributed by atoms with Crippen LogP contribution in [-0.2, 0) is 0 Å². The van der Waals surface area contributed by atoms with Crippen LogP contribution in [0.5, 0.6) is 0 Å². The van der Waals surface area contributed by atoms with Crippen molar-refractivity contribution in [1.82, 2.24) is 9.55 Å². The van der Waals surface area contributed by atoms with E-state index < -0.39 is 0 Å². The summed E-state index contributed by atoms with van der Waals surface area (Å²) in [5.41, 5.74) is 2.26. The third-order valence-electron chi connectivity index (χ3n) is 2.84. The zero-order valence-electron chi connectivity index (χ0n) is 9.62. The Labute approximate surface area is 104 Å². The summed E-state index contributed by atoms with van der Waals surface area (Å²) in [6.45, 7) is 0. The van der Waals surface area contributed by atoms with Crippen molar-refractivity contribution in [2.75, 3.05) is 0 Å². The van der Waals surface area contributed by atoms with Crippen LogP contribution < -0.4 is 0 Å². The summed E-state index contributed by atoms with van der Waals surface area (Å²) in [7, 11) is 0. The summed E-state index contributed by atoms with van der Waals surface area (Å²) < 4.78 is 15.9. The van der Waals surface area contributed by atoms with Gasteiger partial charge in [0.05, 0.1) is 6.33 Å². The minimum Gasteiger partial charge on any atom is -0.306 e. The quantitative estimate of drug-likeness (QED) is 0.666. The van der Waals surface area contributed by atoms with Crippen molar-refractivity contribution < 1.29 is 4.39 Å². The Hall–Kier alpha value is -2.42. The van der Waals surface area contributed by atoms with E-state index in [-0.39, 0.29) is 5.82 Å². The van der Waals surface area contributed by atoms with Gasteiger partial charge < -0.3 is 4.57 Å². The Morgan fingerprint density at radius 2 is 1.83 bits per heavy atom. The lowest BCUT2D eigenvalue weighted by molar-refractivity contribution is 0.630. The fourth-order valence-electron chi connectivity index (χ4n) is 1.93. The van der Waals surface area contributed by atoms with Gasteiger partial charge in [0.1, 0.15) is 5.82 Å². The van der Waals surface area contributed by atoms with Gasteiger partial charge in [0.25, 0.3) is 0 Å². The van der Waals surface area contributed by atoms with Gasteiger partial charge in [-0.3, -0.25) is 0 Å². The molecule has 0 atom stereocenters. The van der Waals surface area contributed by atoms with E-state index in [9.17, 15) is 4.39 Å². The van der Waals surface area contributed by atoms with E-state index in [1.165, 1.54) is 6.07 Å². The molecule has 2 nitrogen and oxygen atoms in total. The normalized spacial score (nSPS) is 10.5. The second-order valence-corrected chi connectivity index (χ2v) is 4.00. The van der Waals surface area contributed by atoms with Crippen LogP contribution in [0.4, 0.5) is 4.39 Å². The molecule has 0 radical (unpaired) electrons. The fraction of sp³-hybridized carbons (Fsp3) is 0. The molecule has 0 aliphatic rings. The summed E-state index contributed by atoms with van der Waals surface area (Å²) in [6.07, 6.45) is 5.11. The van der Waals surface area contributed by atoms with Gasteiger partial charge in [-0.05, 0) is 23.8 Å². The van der Waals surface area contributed by atoms with Crippen molar-refractivity contribution in [1.29, 1.82) is 0 Å². The van der Waals surface area contributed by atoms with Gasteiger partial charge in [0.15, 0.2) is 0 Å². The standard InChI is InChI=1S/C15H11FN2/c16-15-10-13(18-9-8-17-11-18)6-7-14(15)12-4-2-1-3-5-12/h1-11H. The zero-order chi connectivity index (χ0) is 12.4. The first-order valence-electron chi connectivity index (χ1n) is 5.68. The molecule has 0 saturated carbocycles. The first-order chi connectivity index (χ1) is 8.84. The van der Waals surface area contributed by atoms with Crippen molar-refractivity contribution in [3.63, 3.8) is 0 Å². The van der Waals surface area contributed by atoms with E-state index in [0.717, 1.165) is 11.3 Å². The number of imidazole rings is 1. The first-order valence-corrected chi connectivity index (χ1v) is 5.68. The summed E-state index contributed by atoms with van der Waals surface area (Å²) in [6, 6.07) is 14.7. The molecule has 88 valence electrons. The van der Waals surface area contributed by atoms with Gasteiger partial charge in [-0.25, -0.2) is 9.37 Å². The minimum absolute atomic E-state index is 0.229. The molecule has 3 aromatic rings. The monoisotopic (exact) mass is 238 g/mol. The molecule has 1 aromatic heterocycles. The zero-order valence-corrected chi connectivity index (χ0v) is 9.62. The van der Waals surface area contributed by atoms with Crippen LogP contribution in [0.1, 0.15) is 0 Å². The Bertz CT molecular complexity index is 646. The maximum absolute atomic E-state index is 14.1. The highest BCUT2D eigenvalue weighted by Gasteiger charge is 2.06. The molecule has 18 heavy (non-hydrogen) atoms. The van der Waals surface area contributed by atoms with Crippen LogP contribution in [0, 0.1) is 5.82 Å². The highest BCUT2D eigenvalue weighted by atomic mass is 19.1. The van der Waals surface area contributed by atoms with E-state index in [2.05, 4.69) is 4.98 Å². The molecule has 0 spiro atoms. The van der Waals surface area contributed by atoms with E-state index >= 15 is 0 Å². The number of aromatic nitrogens is 2. The molecule has 0 bridgehead atoms. The second-order valence-electron chi connectivity index (χ2n) is 4.00. The number of benzene rings is 2. The molecule has 0 amide bonds. The molecular formula is C15H11FN2. The maximum Gasteiger partial charge on any atom is 0.133 e. The van der Waals surface area contributed by atoms with Crippen molar-refractivity contribution in [3.8, 4) is 16.8 Å². The maximum atomic E-state index is 14.1. The van der Waals surface area contributed by atoms with Crippen LogP contribution in [0.3, 0.4) is 0 Å². The average Bonchev–Trinajstić information content (AvgIpc) is 2.93. The minimum atomic E-state index is -0.229. The molecule has 3 rings (SSSR count). The van der Waals surface area contributed by atoms with Gasteiger partial charge in [0, 0.05) is 23.6 Å². The summed E-state index contributed by atoms with van der Waals surface area (Å²) in [4.78, 5) is 3.95. The topological polar surface area (TPSA) is 17.8 Å². The van der Waals surface area contributed by atoms with Crippen LogP contribution in [-0.4, -0.2) is 9.55 Å². The van der Waals surface area contributed by atoms with Gasteiger partial charge in [0.2, 0.25) is 0 Å². The first kappa shape index (κ1) is 10.7. The van der Waals surface area contributed by atoms with Crippen LogP contribution in [0.15, 0.2) is 67.3 Å². The number of hydrogen-bond acceptors (Lipinski definition) is 1. The second kappa shape index (κ2) is 4.45. The van der Waals surface area contributed by atoms with Gasteiger partial charge in [-0.2, -0.15) is 0 Å². The average molecular weight is 238 g/mol. The lowest BCUT2D eigenvalue weighted by Crippen LogP contribution is -1.92. The van der Waals surface area contributed by atoms with E-state index in [1.54, 1.807) is 29.4 Å². The molecular weight excluding hydrogens is 227 g/mol. The Balaban J connectivity index is 2.05. The number of rotatable bonds is 2. The van der Waals surface area contributed by atoms with Crippen LogP contribution in [0.25, 0.3) is 16.8 Å². The summed E-state index contributed by atoms with van der Waals surface area (Å²) in [5.74, 6) is -0.229. The molecule has 0 fully saturated rings. The van der Waals surface area contributed by atoms with Crippen molar-refractivity contribution in [3.05, 3.63) is 73.1 Å². The van der Waals surface area contributed by atoms with E-state index in [4.69, 9.17) is 0 Å². The van der Waals surface area contributed by atoms with E-state index in [0.29, 0.717) is 5.56 Å². The Kier molecular flexibility index (Phi) is 2.65. The lowest BCUT2D eigenvalue weighted by atomic mass is 10.0. The van der Waals surface area contributed by atoms with Crippen LogP contribution >= 0.6 is 0 Å². The Morgan fingerprint density at radius 3 is 2.50 bits per heavy atom. The largest absolute Gasteiger partial charge is 0.306 e. The Morgan fingerprint density at radius 1 is 1.00 bits per heavy atom. The van der Waals surface area contributed by atoms with Gasteiger partial charge in [-0.15, -0.1) is 0 Å². The molecule has 0 aliphatic heterocycles. The van der Waals surface area contributed by atoms with Gasteiger partial charge >= 0.3 is 0 Å². The lowest BCUT2D eigenvalue weighted by Gasteiger charge is -2.07. The highest BCUT2D eigenvalue weighted by Crippen LogP contribution is 2.24. The molecule has 0 aliphatic carbocycles. The molecule has 3 heteroatoms. The van der Waals surface area contributed by atoms with Gasteiger partial charge in [-0.1, -0.05) is 30.3 Å². The van der Waals surface area contributed by atoms with Crippen molar-refractivity contribution in [2.24, 2.45) is 0 Å². The van der Waals surface area contributed by atoms with Crippen molar-refractivity contribution >= 4 is 0 Å². The van der Waals surface area contributed by atoms with Crippen LogP contribution in [0.2, 0.25) is 0 Å². The summed E-state index contributed by atoms with van der Waals surface area (Å²) in [5, 5.41) is 0. The molecule has 2 aromatic carbocycles. The van der Waals surface area contributed by atoms with Crippen molar-refractivity contribution in [2.45, 2.75) is 0 Å². The van der Waals surface area contributed by atoms with E-state index in [1.807, 2.05) is 36.4 Å². The SMILES string of the molecule is Fc1cc(-n2ccnc2)ccc1-c1ccccc1. The fourth-order valence-corrected chi connectivity index (χ4v) is 1.93. The number of hydrogen-bond donors (Lipinski definition) is 0. The molecule has 0 saturated heterocycles. The highest BCUT2D eigenvalue weighted by molar-refractivity contribution is 5.65. The molecule has 0 unspecified atom stereocenters. The third kappa shape index (κ3) is 1.91. The predicted molar refractivity (Wildman–Crippen MR) is 69.0 cm³/mol. The number of nitrogens with zero attached hydrogens (tertiary/aromatic N) is 2. The number of halogens is 1. The predicted octanol–water partition coefficient (Wildman–Crippen LogP) is 3.68. The smallest absolute Gasteiger partial charge is 0.133 e. The molecule has 0 N–H and O–H groups in total. The summed E-state index contributed by atoms with van der Waals surface area (Å²) >= 11 is 0. The molecule has 1 heterocycles.